The molecule has 0 aliphatic carbocycles. The third-order valence-electron chi connectivity index (χ3n) is 3.95. The van der Waals surface area contributed by atoms with Crippen molar-refractivity contribution in [3.8, 4) is 5.75 Å². The Bertz CT molecular complexity index is 1040. The van der Waals surface area contributed by atoms with Gasteiger partial charge in [0.1, 0.15) is 12.4 Å². The first-order chi connectivity index (χ1) is 13.5. The molecular formula is C21H15Cl2NO4. The minimum atomic E-state index is -1.20. The van der Waals surface area contributed by atoms with Gasteiger partial charge in [0, 0.05) is 10.6 Å². The van der Waals surface area contributed by atoms with Gasteiger partial charge in [-0.15, -0.1) is 0 Å². The molecule has 3 aromatic rings. The lowest BCUT2D eigenvalue weighted by atomic mass is 10.1. The van der Waals surface area contributed by atoms with Gasteiger partial charge in [0.05, 0.1) is 21.8 Å². The van der Waals surface area contributed by atoms with E-state index in [0.29, 0.717) is 5.02 Å². The molecule has 2 N–H and O–H groups in total. The third kappa shape index (κ3) is 4.44. The van der Waals surface area contributed by atoms with Crippen LogP contribution >= 0.6 is 23.2 Å². The normalized spacial score (nSPS) is 10.4. The molecule has 0 aliphatic heterocycles. The van der Waals surface area contributed by atoms with Gasteiger partial charge in [0.15, 0.2) is 0 Å². The van der Waals surface area contributed by atoms with Gasteiger partial charge in [-0.3, -0.25) is 4.79 Å². The zero-order chi connectivity index (χ0) is 20.1. The first-order valence-corrected chi connectivity index (χ1v) is 9.01. The summed E-state index contributed by atoms with van der Waals surface area (Å²) >= 11 is 12.2. The number of aromatic carboxylic acids is 1. The summed E-state index contributed by atoms with van der Waals surface area (Å²) in [7, 11) is 0. The van der Waals surface area contributed by atoms with Crippen LogP contribution < -0.4 is 10.1 Å². The summed E-state index contributed by atoms with van der Waals surface area (Å²) in [6.45, 7) is 0.109. The van der Waals surface area contributed by atoms with Crippen molar-refractivity contribution in [2.75, 3.05) is 5.32 Å². The molecule has 1 amide bonds. The predicted octanol–water partition coefficient (Wildman–Crippen LogP) is 5.52. The highest BCUT2D eigenvalue weighted by molar-refractivity contribution is 6.34. The van der Waals surface area contributed by atoms with Crippen LogP contribution in [0.1, 0.15) is 26.3 Å². The van der Waals surface area contributed by atoms with Crippen molar-refractivity contribution < 1.29 is 19.4 Å². The van der Waals surface area contributed by atoms with Gasteiger partial charge in [-0.1, -0.05) is 59.6 Å². The Morgan fingerprint density at radius 2 is 1.50 bits per heavy atom. The van der Waals surface area contributed by atoms with Crippen LogP contribution in [0.15, 0.2) is 66.7 Å². The molecule has 3 rings (SSSR count). The van der Waals surface area contributed by atoms with Crippen LogP contribution in [0.4, 0.5) is 5.69 Å². The summed E-state index contributed by atoms with van der Waals surface area (Å²) in [4.78, 5) is 24.3. The lowest BCUT2D eigenvalue weighted by Crippen LogP contribution is -2.16. The molecule has 0 saturated carbocycles. The topological polar surface area (TPSA) is 75.6 Å². The van der Waals surface area contributed by atoms with Crippen molar-refractivity contribution in [1.82, 2.24) is 0 Å². The highest BCUT2D eigenvalue weighted by Crippen LogP contribution is 2.31. The quantitative estimate of drug-likeness (QED) is 0.555. The third-order valence-corrected chi connectivity index (χ3v) is 4.65. The summed E-state index contributed by atoms with van der Waals surface area (Å²) in [5.74, 6) is -1.53. The summed E-state index contributed by atoms with van der Waals surface area (Å²) in [5, 5.41) is 12.9. The number of benzene rings is 3. The van der Waals surface area contributed by atoms with E-state index in [1.807, 2.05) is 6.07 Å². The van der Waals surface area contributed by atoms with Crippen molar-refractivity contribution in [1.29, 1.82) is 0 Å². The van der Waals surface area contributed by atoms with Crippen molar-refractivity contribution >= 4 is 40.8 Å². The number of hydrogen-bond acceptors (Lipinski definition) is 3. The van der Waals surface area contributed by atoms with E-state index in [1.165, 1.54) is 12.1 Å². The van der Waals surface area contributed by atoms with Gasteiger partial charge in [-0.2, -0.15) is 0 Å². The van der Waals surface area contributed by atoms with Crippen molar-refractivity contribution in [2.45, 2.75) is 6.61 Å². The summed E-state index contributed by atoms with van der Waals surface area (Å²) < 4.78 is 5.77. The first-order valence-electron chi connectivity index (χ1n) is 8.25. The van der Waals surface area contributed by atoms with Crippen molar-refractivity contribution in [2.24, 2.45) is 0 Å². The van der Waals surface area contributed by atoms with E-state index in [9.17, 15) is 14.7 Å². The second kappa shape index (κ2) is 8.78. The number of halogens is 2. The molecular weight excluding hydrogens is 401 g/mol. The van der Waals surface area contributed by atoms with Gasteiger partial charge in [0.25, 0.3) is 5.91 Å². The number of anilines is 1. The fraction of sp³-hybridized carbons (Fsp3) is 0.0476. The molecule has 142 valence electrons. The molecule has 7 heteroatoms. The lowest BCUT2D eigenvalue weighted by Gasteiger charge is -2.15. The molecule has 28 heavy (non-hydrogen) atoms. The van der Waals surface area contributed by atoms with Gasteiger partial charge >= 0.3 is 5.97 Å². The standard InChI is InChI=1S/C21H15Cl2NO4/c22-16-9-3-1-6-13(16)12-28-18-11-5-8-15(21(26)27)19(18)24-20(25)14-7-2-4-10-17(14)23/h1-11H,12H2,(H,24,25)(H,26,27). The minimum absolute atomic E-state index is 0.0481. The molecule has 0 saturated heterocycles. The minimum Gasteiger partial charge on any atom is -0.487 e. The number of hydrogen-bond donors (Lipinski definition) is 2. The molecule has 0 heterocycles. The molecule has 0 atom stereocenters. The number of carboxylic acid groups (broad SMARTS) is 1. The maximum absolute atomic E-state index is 12.6. The highest BCUT2D eigenvalue weighted by atomic mass is 35.5. The number of ether oxygens (including phenoxy) is 1. The Labute approximate surface area is 171 Å². The van der Waals surface area contributed by atoms with Gasteiger partial charge in [-0.25, -0.2) is 4.79 Å². The smallest absolute Gasteiger partial charge is 0.337 e. The number of para-hydroxylation sites is 1. The molecule has 0 aliphatic rings. The summed E-state index contributed by atoms with van der Waals surface area (Å²) in [6, 6.07) is 18.1. The first kappa shape index (κ1) is 19.7. The highest BCUT2D eigenvalue weighted by Gasteiger charge is 2.19. The second-order valence-electron chi connectivity index (χ2n) is 5.80. The van der Waals surface area contributed by atoms with Crippen LogP contribution in [0, 0.1) is 0 Å². The fourth-order valence-electron chi connectivity index (χ4n) is 2.56. The van der Waals surface area contributed by atoms with Gasteiger partial charge in [-0.05, 0) is 30.3 Å². The molecule has 3 aromatic carbocycles. The maximum atomic E-state index is 12.6. The van der Waals surface area contributed by atoms with Crippen LogP contribution in [0.2, 0.25) is 10.0 Å². The van der Waals surface area contributed by atoms with Crippen molar-refractivity contribution in [3.05, 3.63) is 93.5 Å². The van der Waals surface area contributed by atoms with Crippen LogP contribution in [0.5, 0.6) is 5.75 Å². The number of carbonyl (C=O) groups excluding carboxylic acids is 1. The zero-order valence-electron chi connectivity index (χ0n) is 14.5. The Morgan fingerprint density at radius 3 is 2.18 bits per heavy atom. The van der Waals surface area contributed by atoms with E-state index in [4.69, 9.17) is 27.9 Å². The van der Waals surface area contributed by atoms with Crippen LogP contribution in [0.3, 0.4) is 0 Å². The Morgan fingerprint density at radius 1 is 0.857 bits per heavy atom. The molecule has 5 nitrogen and oxygen atoms in total. The maximum Gasteiger partial charge on any atom is 0.337 e. The Kier molecular flexibility index (Phi) is 6.19. The van der Waals surface area contributed by atoms with Crippen molar-refractivity contribution in [3.63, 3.8) is 0 Å². The number of carboxylic acids is 1. The zero-order valence-corrected chi connectivity index (χ0v) is 16.0. The molecule has 0 bridgehead atoms. The summed E-state index contributed by atoms with van der Waals surface area (Å²) in [6.07, 6.45) is 0. The number of nitrogens with one attached hydrogen (secondary N) is 1. The molecule has 0 unspecified atom stereocenters. The van der Waals surface area contributed by atoms with E-state index < -0.39 is 11.9 Å². The molecule has 0 fully saturated rings. The summed E-state index contributed by atoms with van der Waals surface area (Å²) in [5.41, 5.74) is 0.902. The van der Waals surface area contributed by atoms with Gasteiger partial charge < -0.3 is 15.2 Å². The second-order valence-corrected chi connectivity index (χ2v) is 6.61. The van der Waals surface area contributed by atoms with E-state index in [0.717, 1.165) is 5.56 Å². The van der Waals surface area contributed by atoms with Crippen LogP contribution in [-0.4, -0.2) is 17.0 Å². The Hall–Kier alpha value is -3.02. The number of amides is 1. The molecule has 0 spiro atoms. The Balaban J connectivity index is 1.92. The lowest BCUT2D eigenvalue weighted by molar-refractivity contribution is 0.0697. The molecule has 0 radical (unpaired) electrons. The number of carbonyl (C=O) groups is 2. The largest absolute Gasteiger partial charge is 0.487 e. The van der Waals surface area contributed by atoms with E-state index >= 15 is 0 Å². The number of rotatable bonds is 6. The SMILES string of the molecule is O=C(Nc1c(OCc2ccccc2Cl)cccc1C(=O)O)c1ccccc1Cl. The average Bonchev–Trinajstić information content (AvgIpc) is 2.68. The fourth-order valence-corrected chi connectivity index (χ4v) is 2.97. The predicted molar refractivity (Wildman–Crippen MR) is 109 cm³/mol. The molecule has 0 aromatic heterocycles. The monoisotopic (exact) mass is 415 g/mol. The van der Waals surface area contributed by atoms with E-state index in [-0.39, 0.29) is 34.2 Å². The van der Waals surface area contributed by atoms with Crippen LogP contribution in [-0.2, 0) is 6.61 Å². The van der Waals surface area contributed by atoms with Crippen LogP contribution in [0.25, 0.3) is 0 Å². The van der Waals surface area contributed by atoms with Gasteiger partial charge in [0.2, 0.25) is 0 Å². The van der Waals surface area contributed by atoms with E-state index in [2.05, 4.69) is 5.32 Å². The average molecular weight is 416 g/mol. The van der Waals surface area contributed by atoms with E-state index in [1.54, 1.807) is 48.5 Å².